The number of aliphatic carboxylic acids is 1. The lowest BCUT2D eigenvalue weighted by atomic mass is 9.99. The van der Waals surface area contributed by atoms with E-state index in [0.717, 1.165) is 12.3 Å². The maximum atomic E-state index is 10.2. The summed E-state index contributed by atoms with van der Waals surface area (Å²) in [6.07, 6.45) is 7.61. The van der Waals surface area contributed by atoms with Crippen molar-refractivity contribution in [2.75, 3.05) is 11.5 Å². The summed E-state index contributed by atoms with van der Waals surface area (Å²) < 4.78 is 0. The SMILES string of the molecule is O=C(O)C/C=C\CC1CCSCC1. The van der Waals surface area contributed by atoms with E-state index in [4.69, 9.17) is 5.11 Å². The minimum atomic E-state index is -0.740. The van der Waals surface area contributed by atoms with Crippen LogP contribution in [0, 0.1) is 5.92 Å². The first kappa shape index (κ1) is 10.6. The Balaban J connectivity index is 2.09. The predicted octanol–water partition coefficient (Wildman–Crippen LogP) is 2.55. The molecule has 0 saturated carbocycles. The zero-order valence-corrected chi connectivity index (χ0v) is 8.55. The first-order valence-corrected chi connectivity index (χ1v) is 5.89. The molecule has 1 fully saturated rings. The molecule has 3 heteroatoms. The lowest BCUT2D eigenvalue weighted by Crippen LogP contribution is -2.08. The van der Waals surface area contributed by atoms with E-state index in [2.05, 4.69) is 0 Å². The van der Waals surface area contributed by atoms with E-state index in [-0.39, 0.29) is 6.42 Å². The number of allylic oxidation sites excluding steroid dienone is 1. The van der Waals surface area contributed by atoms with Crippen LogP contribution >= 0.6 is 11.8 Å². The van der Waals surface area contributed by atoms with Crippen molar-refractivity contribution in [3.05, 3.63) is 12.2 Å². The summed E-state index contributed by atoms with van der Waals surface area (Å²) >= 11 is 2.02. The highest BCUT2D eigenvalue weighted by molar-refractivity contribution is 7.99. The van der Waals surface area contributed by atoms with Gasteiger partial charge in [-0.15, -0.1) is 0 Å². The highest BCUT2D eigenvalue weighted by atomic mass is 32.2. The van der Waals surface area contributed by atoms with Crippen LogP contribution in [0.15, 0.2) is 12.2 Å². The number of carboxylic acids is 1. The second-order valence-corrected chi connectivity index (χ2v) is 4.59. The molecule has 0 radical (unpaired) electrons. The maximum absolute atomic E-state index is 10.2. The molecule has 1 rings (SSSR count). The summed E-state index contributed by atoms with van der Waals surface area (Å²) in [5, 5.41) is 8.40. The number of carboxylic acid groups (broad SMARTS) is 1. The Morgan fingerprint density at radius 3 is 2.69 bits per heavy atom. The number of carbonyl (C=O) groups is 1. The fourth-order valence-corrected chi connectivity index (χ4v) is 2.66. The number of thioether (sulfide) groups is 1. The summed E-state index contributed by atoms with van der Waals surface area (Å²) in [5.41, 5.74) is 0. The molecular weight excluding hydrogens is 184 g/mol. The second kappa shape index (κ2) is 6.08. The van der Waals surface area contributed by atoms with Gasteiger partial charge in [0, 0.05) is 0 Å². The lowest BCUT2D eigenvalue weighted by molar-refractivity contribution is -0.136. The summed E-state index contributed by atoms with van der Waals surface area (Å²) in [5.74, 6) is 2.61. The highest BCUT2D eigenvalue weighted by Crippen LogP contribution is 2.25. The molecule has 1 saturated heterocycles. The smallest absolute Gasteiger partial charge is 0.307 e. The quantitative estimate of drug-likeness (QED) is 0.709. The van der Waals surface area contributed by atoms with Crippen LogP contribution in [0.2, 0.25) is 0 Å². The average molecular weight is 200 g/mol. The summed E-state index contributed by atoms with van der Waals surface area (Å²) in [4.78, 5) is 10.2. The van der Waals surface area contributed by atoms with E-state index >= 15 is 0 Å². The first-order chi connectivity index (χ1) is 6.29. The summed E-state index contributed by atoms with van der Waals surface area (Å²) in [6.45, 7) is 0. The van der Waals surface area contributed by atoms with Crippen LogP contribution in [0.5, 0.6) is 0 Å². The van der Waals surface area contributed by atoms with Crippen molar-refractivity contribution in [1.29, 1.82) is 0 Å². The third-order valence-electron chi connectivity index (χ3n) is 2.27. The molecule has 0 bridgehead atoms. The summed E-state index contributed by atoms with van der Waals surface area (Å²) in [6, 6.07) is 0. The molecule has 0 amide bonds. The van der Waals surface area contributed by atoms with Crippen LogP contribution < -0.4 is 0 Å². The molecule has 0 unspecified atom stereocenters. The molecule has 1 N–H and O–H groups in total. The van der Waals surface area contributed by atoms with E-state index in [9.17, 15) is 4.79 Å². The third-order valence-corrected chi connectivity index (χ3v) is 3.32. The monoisotopic (exact) mass is 200 g/mol. The van der Waals surface area contributed by atoms with E-state index in [0.29, 0.717) is 0 Å². The van der Waals surface area contributed by atoms with Gasteiger partial charge in [0.05, 0.1) is 6.42 Å². The molecule has 1 aliphatic rings. The van der Waals surface area contributed by atoms with Crippen molar-refractivity contribution in [2.45, 2.75) is 25.7 Å². The van der Waals surface area contributed by atoms with Crippen LogP contribution in [0.4, 0.5) is 0 Å². The van der Waals surface area contributed by atoms with Gasteiger partial charge in [-0.05, 0) is 36.7 Å². The van der Waals surface area contributed by atoms with Gasteiger partial charge in [0.25, 0.3) is 0 Å². The largest absolute Gasteiger partial charge is 0.481 e. The Kier molecular flexibility index (Phi) is 4.98. The Hall–Kier alpha value is -0.440. The van der Waals surface area contributed by atoms with Gasteiger partial charge in [0.2, 0.25) is 0 Å². The molecule has 2 nitrogen and oxygen atoms in total. The highest BCUT2D eigenvalue weighted by Gasteiger charge is 2.11. The zero-order chi connectivity index (χ0) is 9.52. The molecule has 0 aromatic carbocycles. The number of hydrogen-bond donors (Lipinski definition) is 1. The molecule has 0 spiro atoms. The van der Waals surface area contributed by atoms with E-state index < -0.39 is 5.97 Å². The van der Waals surface area contributed by atoms with Crippen molar-refractivity contribution in [2.24, 2.45) is 5.92 Å². The molecule has 1 aliphatic heterocycles. The molecule has 74 valence electrons. The molecule has 13 heavy (non-hydrogen) atoms. The first-order valence-electron chi connectivity index (χ1n) is 4.73. The third kappa shape index (κ3) is 4.98. The van der Waals surface area contributed by atoms with E-state index in [1.807, 2.05) is 17.8 Å². The van der Waals surface area contributed by atoms with Crippen molar-refractivity contribution in [3.63, 3.8) is 0 Å². The van der Waals surface area contributed by atoms with Gasteiger partial charge < -0.3 is 5.11 Å². The lowest BCUT2D eigenvalue weighted by Gasteiger charge is -2.19. The van der Waals surface area contributed by atoms with Gasteiger partial charge >= 0.3 is 5.97 Å². The molecule has 0 atom stereocenters. The van der Waals surface area contributed by atoms with Gasteiger partial charge in [0.15, 0.2) is 0 Å². The van der Waals surface area contributed by atoms with Crippen LogP contribution in [0.1, 0.15) is 25.7 Å². The minimum Gasteiger partial charge on any atom is -0.481 e. The summed E-state index contributed by atoms with van der Waals surface area (Å²) in [7, 11) is 0. The van der Waals surface area contributed by atoms with E-state index in [1.54, 1.807) is 6.08 Å². The standard InChI is InChI=1S/C10H16O2S/c11-10(12)4-2-1-3-9-5-7-13-8-6-9/h1-2,9H,3-8H2,(H,11,12)/b2-1-. The van der Waals surface area contributed by atoms with Crippen molar-refractivity contribution >= 4 is 17.7 Å². The van der Waals surface area contributed by atoms with Gasteiger partial charge in [0.1, 0.15) is 0 Å². The second-order valence-electron chi connectivity index (χ2n) is 3.36. The van der Waals surface area contributed by atoms with Crippen LogP contribution in [0.3, 0.4) is 0 Å². The molecule has 0 aromatic heterocycles. The molecule has 1 heterocycles. The average Bonchev–Trinajstić information content (AvgIpc) is 2.14. The van der Waals surface area contributed by atoms with Crippen molar-refractivity contribution in [1.82, 2.24) is 0 Å². The van der Waals surface area contributed by atoms with Crippen molar-refractivity contribution in [3.8, 4) is 0 Å². The van der Waals surface area contributed by atoms with Gasteiger partial charge in [-0.2, -0.15) is 11.8 Å². The predicted molar refractivity (Wildman–Crippen MR) is 56.1 cm³/mol. The Morgan fingerprint density at radius 2 is 2.08 bits per heavy atom. The maximum Gasteiger partial charge on any atom is 0.307 e. The molecular formula is C10H16O2S. The van der Waals surface area contributed by atoms with Crippen LogP contribution in [-0.2, 0) is 4.79 Å². The normalized spacial score (nSPS) is 19.4. The number of rotatable bonds is 4. The van der Waals surface area contributed by atoms with Crippen molar-refractivity contribution < 1.29 is 9.90 Å². The minimum absolute atomic E-state index is 0.168. The zero-order valence-electron chi connectivity index (χ0n) is 7.74. The molecule has 0 aromatic rings. The van der Waals surface area contributed by atoms with Gasteiger partial charge in [-0.3, -0.25) is 4.79 Å². The van der Waals surface area contributed by atoms with E-state index in [1.165, 1.54) is 24.3 Å². The Bertz CT molecular complexity index is 183. The van der Waals surface area contributed by atoms with Crippen LogP contribution in [-0.4, -0.2) is 22.6 Å². The topological polar surface area (TPSA) is 37.3 Å². The van der Waals surface area contributed by atoms with Gasteiger partial charge in [-0.25, -0.2) is 0 Å². The fraction of sp³-hybridized carbons (Fsp3) is 0.700. The van der Waals surface area contributed by atoms with Gasteiger partial charge in [-0.1, -0.05) is 12.2 Å². The fourth-order valence-electron chi connectivity index (χ4n) is 1.45. The van der Waals surface area contributed by atoms with Crippen LogP contribution in [0.25, 0.3) is 0 Å². The number of hydrogen-bond acceptors (Lipinski definition) is 2. The molecule has 0 aliphatic carbocycles. The Morgan fingerprint density at radius 1 is 1.38 bits per heavy atom. The Labute approximate surface area is 83.4 Å².